The van der Waals surface area contributed by atoms with Gasteiger partial charge in [-0.3, -0.25) is 0 Å². The minimum atomic E-state index is -3.52. The Morgan fingerprint density at radius 3 is 2.41 bits per heavy atom. The zero-order valence-corrected chi connectivity index (χ0v) is 11.5. The van der Waals surface area contributed by atoms with Crippen molar-refractivity contribution in [3.63, 3.8) is 0 Å². The van der Waals surface area contributed by atoms with E-state index in [-0.39, 0.29) is 11.4 Å². The lowest BCUT2D eigenvalue weighted by molar-refractivity contribution is 0.0640. The van der Waals surface area contributed by atoms with Crippen LogP contribution in [0.3, 0.4) is 0 Å². The maximum atomic E-state index is 12.2. The SMILES string of the molecule is Cc1cccc(S(=O)(=O)N(C)CC(C)(C)O)c1. The second-order valence-electron chi connectivity index (χ2n) is 4.89. The van der Waals surface area contributed by atoms with Crippen LogP contribution in [-0.2, 0) is 10.0 Å². The van der Waals surface area contributed by atoms with Gasteiger partial charge in [0.2, 0.25) is 10.0 Å². The Morgan fingerprint density at radius 1 is 1.35 bits per heavy atom. The van der Waals surface area contributed by atoms with E-state index in [0.717, 1.165) is 5.56 Å². The van der Waals surface area contributed by atoms with Crippen molar-refractivity contribution in [3.8, 4) is 0 Å². The summed E-state index contributed by atoms with van der Waals surface area (Å²) in [6, 6.07) is 6.73. The van der Waals surface area contributed by atoms with Crippen molar-refractivity contribution in [1.82, 2.24) is 4.31 Å². The maximum absolute atomic E-state index is 12.2. The minimum absolute atomic E-state index is 0.0588. The Morgan fingerprint density at radius 2 is 1.94 bits per heavy atom. The highest BCUT2D eigenvalue weighted by molar-refractivity contribution is 7.89. The number of likely N-dealkylation sites (N-methyl/N-ethyl adjacent to an activating group) is 1. The zero-order chi connectivity index (χ0) is 13.3. The minimum Gasteiger partial charge on any atom is -0.389 e. The summed E-state index contributed by atoms with van der Waals surface area (Å²) in [6.07, 6.45) is 0. The molecule has 0 fully saturated rings. The lowest BCUT2D eigenvalue weighted by Gasteiger charge is -2.25. The molecule has 0 radical (unpaired) electrons. The summed E-state index contributed by atoms with van der Waals surface area (Å²) >= 11 is 0. The second-order valence-corrected chi connectivity index (χ2v) is 6.93. The fourth-order valence-electron chi connectivity index (χ4n) is 1.59. The predicted molar refractivity (Wildman–Crippen MR) is 67.3 cm³/mol. The molecule has 0 saturated carbocycles. The molecule has 0 aliphatic heterocycles. The fourth-order valence-corrected chi connectivity index (χ4v) is 3.02. The van der Waals surface area contributed by atoms with E-state index in [1.54, 1.807) is 32.0 Å². The molecule has 17 heavy (non-hydrogen) atoms. The van der Waals surface area contributed by atoms with Gasteiger partial charge in [-0.1, -0.05) is 12.1 Å². The molecular formula is C12H19NO3S. The number of sulfonamides is 1. The largest absolute Gasteiger partial charge is 0.389 e. The highest BCUT2D eigenvalue weighted by Crippen LogP contribution is 2.17. The monoisotopic (exact) mass is 257 g/mol. The first-order chi connectivity index (χ1) is 7.63. The highest BCUT2D eigenvalue weighted by Gasteiger charge is 2.26. The number of benzene rings is 1. The molecule has 1 aromatic carbocycles. The molecule has 0 aliphatic rings. The Balaban J connectivity index is 3.04. The van der Waals surface area contributed by atoms with Crippen LogP contribution >= 0.6 is 0 Å². The lowest BCUT2D eigenvalue weighted by atomic mass is 10.1. The van der Waals surface area contributed by atoms with Gasteiger partial charge in [0.1, 0.15) is 0 Å². The number of rotatable bonds is 4. The summed E-state index contributed by atoms with van der Waals surface area (Å²) in [4.78, 5) is 0.254. The molecule has 0 aliphatic carbocycles. The van der Waals surface area contributed by atoms with Gasteiger partial charge in [0.05, 0.1) is 10.5 Å². The highest BCUT2D eigenvalue weighted by atomic mass is 32.2. The molecule has 0 heterocycles. The third-order valence-electron chi connectivity index (χ3n) is 2.31. The average molecular weight is 257 g/mol. The van der Waals surface area contributed by atoms with Crippen LogP contribution in [0.5, 0.6) is 0 Å². The smallest absolute Gasteiger partial charge is 0.242 e. The number of aryl methyl sites for hydroxylation is 1. The molecule has 1 N–H and O–H groups in total. The molecule has 0 spiro atoms. The number of aliphatic hydroxyl groups is 1. The molecule has 96 valence electrons. The van der Waals surface area contributed by atoms with Crippen molar-refractivity contribution in [2.45, 2.75) is 31.3 Å². The van der Waals surface area contributed by atoms with Gasteiger partial charge in [0.15, 0.2) is 0 Å². The van der Waals surface area contributed by atoms with E-state index in [1.807, 2.05) is 13.0 Å². The van der Waals surface area contributed by atoms with Gasteiger partial charge < -0.3 is 5.11 Å². The van der Waals surface area contributed by atoms with Crippen LogP contribution < -0.4 is 0 Å². The summed E-state index contributed by atoms with van der Waals surface area (Å²) in [6.45, 7) is 5.06. The van der Waals surface area contributed by atoms with E-state index in [9.17, 15) is 13.5 Å². The molecular weight excluding hydrogens is 238 g/mol. The van der Waals surface area contributed by atoms with Gasteiger partial charge in [-0.25, -0.2) is 8.42 Å². The van der Waals surface area contributed by atoms with Crippen LogP contribution in [0, 0.1) is 6.92 Å². The molecule has 1 aromatic rings. The van der Waals surface area contributed by atoms with Gasteiger partial charge in [0.25, 0.3) is 0 Å². The van der Waals surface area contributed by atoms with Gasteiger partial charge in [-0.05, 0) is 38.5 Å². The van der Waals surface area contributed by atoms with E-state index >= 15 is 0 Å². The van der Waals surface area contributed by atoms with Crippen LogP contribution in [0.15, 0.2) is 29.2 Å². The quantitative estimate of drug-likeness (QED) is 0.886. The van der Waals surface area contributed by atoms with Crippen molar-refractivity contribution < 1.29 is 13.5 Å². The normalized spacial score (nSPS) is 13.1. The van der Waals surface area contributed by atoms with Crippen molar-refractivity contribution in [3.05, 3.63) is 29.8 Å². The number of nitrogens with zero attached hydrogens (tertiary/aromatic N) is 1. The van der Waals surface area contributed by atoms with Crippen LogP contribution in [0.1, 0.15) is 19.4 Å². The summed E-state index contributed by atoms with van der Waals surface area (Å²) < 4.78 is 25.5. The predicted octanol–water partition coefficient (Wildman–Crippen LogP) is 1.39. The van der Waals surface area contributed by atoms with E-state index in [2.05, 4.69) is 0 Å². The first-order valence-electron chi connectivity index (χ1n) is 5.38. The molecule has 1 rings (SSSR count). The van der Waals surface area contributed by atoms with E-state index in [0.29, 0.717) is 0 Å². The van der Waals surface area contributed by atoms with Crippen molar-refractivity contribution in [1.29, 1.82) is 0 Å². The Hall–Kier alpha value is -0.910. The molecule has 0 aromatic heterocycles. The average Bonchev–Trinajstić information content (AvgIpc) is 2.15. The Kier molecular flexibility index (Phi) is 3.96. The van der Waals surface area contributed by atoms with Crippen LogP contribution in [0.25, 0.3) is 0 Å². The Bertz CT molecular complexity index is 489. The van der Waals surface area contributed by atoms with E-state index in [4.69, 9.17) is 0 Å². The number of hydrogen-bond acceptors (Lipinski definition) is 3. The summed E-state index contributed by atoms with van der Waals surface area (Å²) in [7, 11) is -2.05. The molecule has 5 heteroatoms. The molecule has 0 atom stereocenters. The number of hydrogen-bond donors (Lipinski definition) is 1. The first kappa shape index (κ1) is 14.2. The van der Waals surface area contributed by atoms with Gasteiger partial charge in [0, 0.05) is 13.6 Å². The second kappa shape index (κ2) is 4.76. The van der Waals surface area contributed by atoms with Gasteiger partial charge in [-0.15, -0.1) is 0 Å². The lowest BCUT2D eigenvalue weighted by Crippen LogP contribution is -2.39. The van der Waals surface area contributed by atoms with E-state index in [1.165, 1.54) is 11.4 Å². The van der Waals surface area contributed by atoms with Crippen LogP contribution in [0.2, 0.25) is 0 Å². The van der Waals surface area contributed by atoms with Crippen LogP contribution in [0.4, 0.5) is 0 Å². The summed E-state index contributed by atoms with van der Waals surface area (Å²) in [5.74, 6) is 0. The van der Waals surface area contributed by atoms with Crippen molar-refractivity contribution >= 4 is 10.0 Å². The molecule has 4 nitrogen and oxygen atoms in total. The zero-order valence-electron chi connectivity index (χ0n) is 10.6. The first-order valence-corrected chi connectivity index (χ1v) is 6.82. The molecule has 0 saturated heterocycles. The summed E-state index contributed by atoms with van der Waals surface area (Å²) in [5, 5.41) is 9.65. The third-order valence-corrected chi connectivity index (χ3v) is 4.11. The topological polar surface area (TPSA) is 57.6 Å². The van der Waals surface area contributed by atoms with Crippen LogP contribution in [-0.4, -0.2) is 37.0 Å². The van der Waals surface area contributed by atoms with Crippen molar-refractivity contribution in [2.75, 3.05) is 13.6 Å². The standard InChI is InChI=1S/C12H19NO3S/c1-10-6-5-7-11(8-10)17(15,16)13(4)9-12(2,3)14/h5-8,14H,9H2,1-4H3. The van der Waals surface area contributed by atoms with Gasteiger partial charge >= 0.3 is 0 Å². The third kappa shape index (κ3) is 3.80. The fraction of sp³-hybridized carbons (Fsp3) is 0.500. The summed E-state index contributed by atoms with van der Waals surface area (Å²) in [5.41, 5.74) is -0.159. The van der Waals surface area contributed by atoms with E-state index < -0.39 is 15.6 Å². The molecule has 0 amide bonds. The van der Waals surface area contributed by atoms with Gasteiger partial charge in [-0.2, -0.15) is 4.31 Å². The van der Waals surface area contributed by atoms with Crippen molar-refractivity contribution in [2.24, 2.45) is 0 Å². The molecule has 0 unspecified atom stereocenters. The molecule has 0 bridgehead atoms. The maximum Gasteiger partial charge on any atom is 0.242 e. The Labute approximate surface area is 103 Å².